The molecule has 2 aliphatic rings. The third kappa shape index (κ3) is 15.7. The average molecular weight is 859 g/mol. The van der Waals surface area contributed by atoms with Gasteiger partial charge in [-0.3, -0.25) is 19.8 Å². The molecule has 2 fully saturated rings. The van der Waals surface area contributed by atoms with Gasteiger partial charge >= 0.3 is 0 Å². The largest absolute Gasteiger partial charge is 0.384 e. The number of hydrogen-bond acceptors (Lipinski definition) is 10. The van der Waals surface area contributed by atoms with Gasteiger partial charge in [0.1, 0.15) is 17.7 Å². The van der Waals surface area contributed by atoms with Crippen LogP contribution in [-0.4, -0.2) is 111 Å². The standard InChI is InChI=1S/C44H62N10O6S/c1-32-7-9-33(10-8-32)27-39(43(58)48-29-35-11-15-36(16-12-35)42(46)47)49-30-44(31-55,52-61(59,60)51-38-5-3-2-4-6-38)28-34-13-17-37(18-14-34)50-41(57)20-22-54-25-23-53(24-26-54)21-19-40(45)56/h7-18,31,38-39,49,51-52H,2-6,19-30H2,1H3,(H2,45,56)(H3,46,47)(H,48,58)(H,50,57). The number of hydrogen-bond donors (Lipinski definition) is 8. The van der Waals surface area contributed by atoms with E-state index in [2.05, 4.69) is 35.2 Å². The lowest BCUT2D eigenvalue weighted by molar-refractivity contribution is -0.123. The molecule has 1 saturated heterocycles. The molecule has 0 aromatic heterocycles. The quantitative estimate of drug-likeness (QED) is 0.0391. The molecule has 2 unspecified atom stereocenters. The van der Waals surface area contributed by atoms with Gasteiger partial charge in [0.2, 0.25) is 17.7 Å². The lowest BCUT2D eigenvalue weighted by Crippen LogP contribution is -2.62. The van der Waals surface area contributed by atoms with Crippen LogP contribution in [0.5, 0.6) is 0 Å². The first-order valence-corrected chi connectivity index (χ1v) is 22.6. The maximum atomic E-state index is 13.9. The van der Waals surface area contributed by atoms with E-state index in [9.17, 15) is 27.6 Å². The van der Waals surface area contributed by atoms with E-state index < -0.39 is 21.8 Å². The lowest BCUT2D eigenvalue weighted by Gasteiger charge is -2.34. The molecule has 1 aliphatic carbocycles. The number of primary amides is 1. The molecule has 0 radical (unpaired) electrons. The van der Waals surface area contributed by atoms with Gasteiger partial charge in [-0.05, 0) is 61.4 Å². The van der Waals surface area contributed by atoms with Crippen molar-refractivity contribution in [1.29, 1.82) is 5.41 Å². The van der Waals surface area contributed by atoms with Gasteiger partial charge in [-0.1, -0.05) is 85.5 Å². The highest BCUT2D eigenvalue weighted by Gasteiger charge is 2.37. The van der Waals surface area contributed by atoms with E-state index in [0.29, 0.717) is 61.9 Å². The normalized spacial score (nSPS) is 16.9. The van der Waals surface area contributed by atoms with Gasteiger partial charge in [0.05, 0.1) is 6.04 Å². The number of nitrogen functional groups attached to an aromatic ring is 1. The Balaban J connectivity index is 1.27. The van der Waals surface area contributed by atoms with Gasteiger partial charge in [0.25, 0.3) is 10.2 Å². The number of carbonyl (C=O) groups excluding carboxylic acids is 4. The number of amides is 3. The first-order valence-electron chi connectivity index (χ1n) is 21.1. The molecule has 16 nitrogen and oxygen atoms in total. The summed E-state index contributed by atoms with van der Waals surface area (Å²) in [5, 5.41) is 16.8. The highest BCUT2D eigenvalue weighted by atomic mass is 32.2. The molecular weight excluding hydrogens is 797 g/mol. The summed E-state index contributed by atoms with van der Waals surface area (Å²) in [5.41, 5.74) is 13.7. The number of nitrogens with zero attached hydrogens (tertiary/aromatic N) is 2. The van der Waals surface area contributed by atoms with Gasteiger partial charge in [0.15, 0.2) is 0 Å². The summed E-state index contributed by atoms with van der Waals surface area (Å²) < 4.78 is 32.9. The topological polar surface area (TPSA) is 245 Å². The summed E-state index contributed by atoms with van der Waals surface area (Å²) in [6.07, 6.45) is 5.68. The second-order valence-electron chi connectivity index (χ2n) is 16.4. The Hall–Kier alpha value is -5.04. The fourth-order valence-corrected chi connectivity index (χ4v) is 9.14. The first-order chi connectivity index (χ1) is 29.2. The van der Waals surface area contributed by atoms with Crippen molar-refractivity contribution in [1.82, 2.24) is 29.9 Å². The summed E-state index contributed by atoms with van der Waals surface area (Å²) in [7, 11) is -4.19. The van der Waals surface area contributed by atoms with Crippen molar-refractivity contribution >= 4 is 45.7 Å². The van der Waals surface area contributed by atoms with Crippen molar-refractivity contribution in [3.8, 4) is 0 Å². The smallest absolute Gasteiger partial charge is 0.278 e. The number of amidine groups is 1. The second kappa shape index (κ2) is 22.7. The van der Waals surface area contributed by atoms with Crippen molar-refractivity contribution in [2.45, 2.75) is 88.9 Å². The molecule has 2 atom stereocenters. The Kier molecular flexibility index (Phi) is 17.5. The Morgan fingerprint density at radius 3 is 2.02 bits per heavy atom. The minimum absolute atomic E-state index is 0.0455. The number of nitrogens with two attached hydrogens (primary N) is 2. The van der Waals surface area contributed by atoms with Crippen molar-refractivity contribution in [2.75, 3.05) is 51.1 Å². The van der Waals surface area contributed by atoms with Crippen LogP contribution in [0.15, 0.2) is 72.8 Å². The first kappa shape index (κ1) is 47.0. The molecule has 5 rings (SSSR count). The van der Waals surface area contributed by atoms with Crippen LogP contribution in [0.3, 0.4) is 0 Å². The lowest BCUT2D eigenvalue weighted by atomic mass is 9.92. The molecule has 10 N–H and O–H groups in total. The predicted molar refractivity (Wildman–Crippen MR) is 237 cm³/mol. The summed E-state index contributed by atoms with van der Waals surface area (Å²) in [6, 6.07) is 20.6. The Morgan fingerprint density at radius 1 is 0.836 bits per heavy atom. The molecule has 1 aliphatic heterocycles. The number of aldehydes is 1. The number of nitrogens with one attached hydrogen (secondary N) is 6. The van der Waals surface area contributed by atoms with Gasteiger partial charge in [-0.25, -0.2) is 0 Å². The van der Waals surface area contributed by atoms with Crippen LogP contribution in [0.4, 0.5) is 5.69 Å². The third-order valence-electron chi connectivity index (χ3n) is 11.3. The van der Waals surface area contributed by atoms with Crippen LogP contribution in [0.25, 0.3) is 0 Å². The van der Waals surface area contributed by atoms with Crippen LogP contribution in [-0.2, 0) is 48.8 Å². The third-order valence-corrected chi connectivity index (χ3v) is 12.6. The van der Waals surface area contributed by atoms with Crippen molar-refractivity contribution < 1.29 is 27.6 Å². The summed E-state index contributed by atoms with van der Waals surface area (Å²) in [4.78, 5) is 55.6. The SMILES string of the molecule is Cc1ccc(CC(NCC(C=O)(Cc2ccc(NC(=O)CCN3CCN(CCC(N)=O)CC3)cc2)NS(=O)(=O)NC2CCCCC2)C(=O)NCc2ccc(C(=N)N)cc2)cc1. The molecule has 1 heterocycles. The van der Waals surface area contributed by atoms with Crippen molar-refractivity contribution in [3.63, 3.8) is 0 Å². The van der Waals surface area contributed by atoms with E-state index >= 15 is 0 Å². The molecule has 3 aromatic rings. The summed E-state index contributed by atoms with van der Waals surface area (Å²) >= 11 is 0. The number of benzene rings is 3. The molecule has 330 valence electrons. The molecule has 61 heavy (non-hydrogen) atoms. The van der Waals surface area contributed by atoms with Gasteiger partial charge < -0.3 is 42.0 Å². The molecular formula is C44H62N10O6S. The Bertz CT molecular complexity index is 2040. The van der Waals surface area contributed by atoms with Gasteiger partial charge in [-0.15, -0.1) is 0 Å². The van der Waals surface area contributed by atoms with E-state index in [1.54, 1.807) is 48.5 Å². The van der Waals surface area contributed by atoms with Crippen LogP contribution in [0.1, 0.15) is 72.8 Å². The zero-order valence-corrected chi connectivity index (χ0v) is 35.9. The van der Waals surface area contributed by atoms with Gasteiger partial charge in [-0.2, -0.15) is 17.9 Å². The van der Waals surface area contributed by atoms with Crippen LogP contribution >= 0.6 is 0 Å². The monoisotopic (exact) mass is 858 g/mol. The van der Waals surface area contributed by atoms with Crippen LogP contribution < -0.4 is 36.9 Å². The van der Waals surface area contributed by atoms with Gasteiger partial charge in [0, 0.05) is 82.5 Å². The van der Waals surface area contributed by atoms with Crippen LogP contribution in [0, 0.1) is 12.3 Å². The molecule has 1 saturated carbocycles. The van der Waals surface area contributed by atoms with Crippen LogP contribution in [0.2, 0.25) is 0 Å². The van der Waals surface area contributed by atoms with E-state index in [1.807, 2.05) is 31.2 Å². The highest BCUT2D eigenvalue weighted by Crippen LogP contribution is 2.21. The minimum atomic E-state index is -4.19. The highest BCUT2D eigenvalue weighted by molar-refractivity contribution is 7.87. The summed E-state index contributed by atoms with van der Waals surface area (Å²) in [6.45, 7) is 6.39. The van der Waals surface area contributed by atoms with Crippen molar-refractivity contribution in [3.05, 3.63) is 101 Å². The predicted octanol–water partition coefficient (Wildman–Crippen LogP) is 1.85. The summed E-state index contributed by atoms with van der Waals surface area (Å²) in [5.74, 6) is -0.868. The van der Waals surface area contributed by atoms with E-state index in [4.69, 9.17) is 16.9 Å². The molecule has 3 aromatic carbocycles. The fourth-order valence-electron chi connectivity index (χ4n) is 7.67. The molecule has 0 spiro atoms. The maximum absolute atomic E-state index is 13.9. The Morgan fingerprint density at radius 2 is 1.43 bits per heavy atom. The zero-order chi connectivity index (χ0) is 43.8. The number of carbonyl (C=O) groups is 4. The van der Waals surface area contributed by atoms with E-state index in [1.165, 1.54) is 0 Å². The van der Waals surface area contributed by atoms with E-state index in [-0.39, 0.29) is 55.5 Å². The number of rotatable bonds is 23. The number of piperazine rings is 1. The molecule has 0 bridgehead atoms. The molecule has 17 heteroatoms. The average Bonchev–Trinajstić information content (AvgIpc) is 3.24. The number of aryl methyl sites for hydroxylation is 1. The maximum Gasteiger partial charge on any atom is 0.278 e. The second-order valence-corrected chi connectivity index (χ2v) is 17.8. The fraction of sp³-hybridized carbons (Fsp3) is 0.477. The Labute approximate surface area is 359 Å². The zero-order valence-electron chi connectivity index (χ0n) is 35.1. The minimum Gasteiger partial charge on any atom is -0.384 e. The van der Waals surface area contributed by atoms with E-state index in [0.717, 1.165) is 62.1 Å². The van der Waals surface area contributed by atoms with Crippen molar-refractivity contribution in [2.24, 2.45) is 11.5 Å². The number of anilines is 1. The molecule has 3 amide bonds.